The van der Waals surface area contributed by atoms with Crippen LogP contribution in [0.3, 0.4) is 0 Å². The van der Waals surface area contributed by atoms with Gasteiger partial charge in [-0.15, -0.1) is 0 Å². The fourth-order valence-corrected chi connectivity index (χ4v) is 3.10. The van der Waals surface area contributed by atoms with E-state index < -0.39 is 9.84 Å². The third kappa shape index (κ3) is 3.31. The summed E-state index contributed by atoms with van der Waals surface area (Å²) in [7, 11) is -2.98. The first-order valence-corrected chi connectivity index (χ1v) is 7.60. The third-order valence-corrected chi connectivity index (χ3v) is 4.57. The standard InChI is InChI=1S/C10H15N5O3S/c11-9(14-16)8-2-3-12-10(13-8)15-4-1-6-19(17,18)7-5-15/h2-3,16H,1,4-7H2,(H2,11,14). The van der Waals surface area contributed by atoms with E-state index in [1.165, 1.54) is 12.3 Å². The number of oxime groups is 1. The highest BCUT2D eigenvalue weighted by Gasteiger charge is 2.21. The molecule has 0 spiro atoms. The number of sulfone groups is 1. The van der Waals surface area contributed by atoms with Crippen LogP contribution in [0.2, 0.25) is 0 Å². The van der Waals surface area contributed by atoms with Gasteiger partial charge in [0, 0.05) is 19.3 Å². The quantitative estimate of drug-likeness (QED) is 0.315. The molecule has 0 aromatic carbocycles. The third-order valence-electron chi connectivity index (χ3n) is 2.85. The Kier molecular flexibility index (Phi) is 3.84. The largest absolute Gasteiger partial charge is 0.409 e. The van der Waals surface area contributed by atoms with Gasteiger partial charge in [0.15, 0.2) is 15.7 Å². The molecule has 0 amide bonds. The molecule has 0 saturated carbocycles. The Bertz CT molecular complexity index is 587. The van der Waals surface area contributed by atoms with E-state index in [4.69, 9.17) is 10.9 Å². The van der Waals surface area contributed by atoms with Crippen molar-refractivity contribution in [3.8, 4) is 0 Å². The Morgan fingerprint density at radius 2 is 2.21 bits per heavy atom. The number of nitrogens with two attached hydrogens (primary N) is 1. The van der Waals surface area contributed by atoms with Gasteiger partial charge in [0.2, 0.25) is 5.95 Å². The van der Waals surface area contributed by atoms with Gasteiger partial charge in [0.25, 0.3) is 0 Å². The zero-order chi connectivity index (χ0) is 13.9. The number of aromatic nitrogens is 2. The molecule has 1 aliphatic heterocycles. The molecule has 2 heterocycles. The number of rotatable bonds is 2. The predicted octanol–water partition coefficient (Wildman–Crippen LogP) is -0.804. The lowest BCUT2D eigenvalue weighted by atomic mass is 10.4. The molecule has 104 valence electrons. The van der Waals surface area contributed by atoms with Crippen LogP contribution < -0.4 is 10.6 Å². The number of amidine groups is 1. The maximum atomic E-state index is 11.5. The van der Waals surface area contributed by atoms with Crippen molar-refractivity contribution < 1.29 is 13.6 Å². The Labute approximate surface area is 110 Å². The summed E-state index contributed by atoms with van der Waals surface area (Å²) in [5.41, 5.74) is 5.77. The van der Waals surface area contributed by atoms with Crippen LogP contribution in [-0.2, 0) is 9.84 Å². The van der Waals surface area contributed by atoms with Crippen LogP contribution in [0.15, 0.2) is 17.4 Å². The average molecular weight is 285 g/mol. The van der Waals surface area contributed by atoms with Crippen molar-refractivity contribution in [1.29, 1.82) is 0 Å². The van der Waals surface area contributed by atoms with E-state index in [2.05, 4.69) is 15.1 Å². The van der Waals surface area contributed by atoms with Crippen LogP contribution in [0, 0.1) is 0 Å². The molecule has 0 unspecified atom stereocenters. The summed E-state index contributed by atoms with van der Waals surface area (Å²) in [5, 5.41) is 11.5. The number of nitrogens with zero attached hydrogens (tertiary/aromatic N) is 4. The van der Waals surface area contributed by atoms with Crippen LogP contribution in [0.1, 0.15) is 12.1 Å². The lowest BCUT2D eigenvalue weighted by Gasteiger charge is -2.19. The van der Waals surface area contributed by atoms with E-state index in [9.17, 15) is 8.42 Å². The minimum atomic E-state index is -2.98. The van der Waals surface area contributed by atoms with Crippen molar-refractivity contribution in [2.75, 3.05) is 29.5 Å². The average Bonchev–Trinajstić information content (AvgIpc) is 2.59. The molecule has 3 N–H and O–H groups in total. The minimum Gasteiger partial charge on any atom is -0.409 e. The minimum absolute atomic E-state index is 0.0875. The van der Waals surface area contributed by atoms with E-state index >= 15 is 0 Å². The van der Waals surface area contributed by atoms with E-state index in [1.54, 1.807) is 4.90 Å². The summed E-state index contributed by atoms with van der Waals surface area (Å²) in [4.78, 5) is 10.0. The highest BCUT2D eigenvalue weighted by atomic mass is 32.2. The first-order chi connectivity index (χ1) is 9.02. The Morgan fingerprint density at radius 3 is 2.95 bits per heavy atom. The van der Waals surface area contributed by atoms with Crippen LogP contribution in [-0.4, -0.2) is 54.0 Å². The van der Waals surface area contributed by atoms with Crippen molar-refractivity contribution in [3.05, 3.63) is 18.0 Å². The molecule has 1 aromatic rings. The molecule has 19 heavy (non-hydrogen) atoms. The molecule has 0 aliphatic carbocycles. The summed E-state index contributed by atoms with van der Waals surface area (Å²) < 4.78 is 23.1. The van der Waals surface area contributed by atoms with Gasteiger partial charge in [-0.3, -0.25) is 0 Å². The van der Waals surface area contributed by atoms with Gasteiger partial charge in [-0.25, -0.2) is 18.4 Å². The summed E-state index contributed by atoms with van der Waals surface area (Å²) in [6.07, 6.45) is 2.04. The van der Waals surface area contributed by atoms with Gasteiger partial charge >= 0.3 is 0 Å². The second-order valence-corrected chi connectivity index (χ2v) is 6.52. The van der Waals surface area contributed by atoms with Crippen LogP contribution in [0.4, 0.5) is 5.95 Å². The maximum absolute atomic E-state index is 11.5. The van der Waals surface area contributed by atoms with Crippen molar-refractivity contribution in [1.82, 2.24) is 9.97 Å². The lowest BCUT2D eigenvalue weighted by molar-refractivity contribution is 0.318. The molecule has 1 fully saturated rings. The summed E-state index contributed by atoms with van der Waals surface area (Å²) in [6, 6.07) is 1.52. The maximum Gasteiger partial charge on any atom is 0.225 e. The zero-order valence-electron chi connectivity index (χ0n) is 10.2. The van der Waals surface area contributed by atoms with E-state index in [0.29, 0.717) is 31.2 Å². The molecule has 2 rings (SSSR count). The highest BCUT2D eigenvalue weighted by molar-refractivity contribution is 7.91. The first kappa shape index (κ1) is 13.5. The van der Waals surface area contributed by atoms with Gasteiger partial charge in [0.05, 0.1) is 11.5 Å². The van der Waals surface area contributed by atoms with Crippen LogP contribution in [0.5, 0.6) is 0 Å². The van der Waals surface area contributed by atoms with Crippen LogP contribution >= 0.6 is 0 Å². The highest BCUT2D eigenvalue weighted by Crippen LogP contribution is 2.12. The van der Waals surface area contributed by atoms with Gasteiger partial charge in [-0.1, -0.05) is 5.16 Å². The van der Waals surface area contributed by atoms with Gasteiger partial charge in [-0.05, 0) is 12.5 Å². The Balaban J connectivity index is 2.22. The SMILES string of the molecule is N/C(=N/O)c1ccnc(N2CCCS(=O)(=O)CC2)n1. The normalized spacial score (nSPS) is 20.0. The molecule has 0 radical (unpaired) electrons. The molecule has 0 atom stereocenters. The fraction of sp³-hybridized carbons (Fsp3) is 0.500. The summed E-state index contributed by atoms with van der Waals surface area (Å²) >= 11 is 0. The Morgan fingerprint density at radius 1 is 1.42 bits per heavy atom. The van der Waals surface area contributed by atoms with E-state index in [-0.39, 0.29) is 17.3 Å². The Hall–Kier alpha value is -1.90. The van der Waals surface area contributed by atoms with Crippen molar-refractivity contribution in [3.63, 3.8) is 0 Å². The second kappa shape index (κ2) is 5.39. The number of anilines is 1. The van der Waals surface area contributed by atoms with Gasteiger partial charge < -0.3 is 15.8 Å². The first-order valence-electron chi connectivity index (χ1n) is 5.78. The van der Waals surface area contributed by atoms with Gasteiger partial charge in [-0.2, -0.15) is 0 Å². The molecule has 1 aromatic heterocycles. The van der Waals surface area contributed by atoms with Crippen molar-refractivity contribution in [2.24, 2.45) is 10.9 Å². The zero-order valence-corrected chi connectivity index (χ0v) is 11.0. The van der Waals surface area contributed by atoms with Gasteiger partial charge in [0.1, 0.15) is 5.69 Å². The molecule has 1 saturated heterocycles. The predicted molar refractivity (Wildman–Crippen MR) is 70.0 cm³/mol. The smallest absolute Gasteiger partial charge is 0.225 e. The fourth-order valence-electron chi connectivity index (χ4n) is 1.83. The summed E-state index contributed by atoms with van der Waals surface area (Å²) in [5.74, 6) is 0.556. The molecule has 1 aliphatic rings. The number of hydrogen-bond donors (Lipinski definition) is 2. The van der Waals surface area contributed by atoms with Crippen molar-refractivity contribution in [2.45, 2.75) is 6.42 Å². The van der Waals surface area contributed by atoms with E-state index in [1.807, 2.05) is 0 Å². The summed E-state index contributed by atoms with van der Waals surface area (Å²) in [6.45, 7) is 0.917. The molecular formula is C10H15N5O3S. The van der Waals surface area contributed by atoms with E-state index in [0.717, 1.165) is 0 Å². The molecule has 9 heteroatoms. The topological polar surface area (TPSA) is 122 Å². The van der Waals surface area contributed by atoms with Crippen LogP contribution in [0.25, 0.3) is 0 Å². The number of hydrogen-bond acceptors (Lipinski definition) is 7. The molecule has 8 nitrogen and oxygen atoms in total. The van der Waals surface area contributed by atoms with Crippen molar-refractivity contribution >= 4 is 21.6 Å². The molecule has 0 bridgehead atoms. The monoisotopic (exact) mass is 285 g/mol. The molecular weight excluding hydrogens is 270 g/mol. The second-order valence-electron chi connectivity index (χ2n) is 4.22. The lowest BCUT2D eigenvalue weighted by Crippen LogP contribution is -2.29.